The number of carbonyl (C=O) groups is 3. The molecule has 0 aromatic heterocycles. The van der Waals surface area contributed by atoms with Crippen molar-refractivity contribution in [1.29, 1.82) is 0 Å². The lowest BCUT2D eigenvalue weighted by molar-refractivity contribution is -0.146. The highest BCUT2D eigenvalue weighted by molar-refractivity contribution is 9.10. The summed E-state index contributed by atoms with van der Waals surface area (Å²) < 4.78 is 5.41. The van der Waals surface area contributed by atoms with E-state index in [4.69, 9.17) is 0 Å². The predicted octanol–water partition coefficient (Wildman–Crippen LogP) is 1.88. The number of rotatable bonds is 2. The predicted molar refractivity (Wildman–Crippen MR) is 77.7 cm³/mol. The van der Waals surface area contributed by atoms with Gasteiger partial charge in [0.25, 0.3) is 5.91 Å². The van der Waals surface area contributed by atoms with Gasteiger partial charge in [0.1, 0.15) is 6.54 Å². The van der Waals surface area contributed by atoms with Crippen molar-refractivity contribution in [2.75, 3.05) is 13.7 Å². The second kappa shape index (κ2) is 4.66. The number of benzene rings is 1. The third kappa shape index (κ3) is 1.92. The highest BCUT2D eigenvalue weighted by atomic mass is 79.9. The van der Waals surface area contributed by atoms with Crippen molar-refractivity contribution >= 4 is 33.7 Å². The number of amides is 2. The van der Waals surface area contributed by atoms with Crippen LogP contribution in [0, 0.1) is 5.92 Å². The van der Waals surface area contributed by atoms with Gasteiger partial charge in [-0.15, -0.1) is 0 Å². The van der Waals surface area contributed by atoms with Crippen LogP contribution in [-0.2, 0) is 19.7 Å². The van der Waals surface area contributed by atoms with Crippen LogP contribution in [0.25, 0.3) is 0 Å². The first-order chi connectivity index (χ1) is 9.91. The minimum absolute atomic E-state index is 0.159. The van der Waals surface area contributed by atoms with E-state index in [0.29, 0.717) is 12.0 Å². The summed E-state index contributed by atoms with van der Waals surface area (Å²) in [5.41, 5.74) is 0.590. The average molecular weight is 352 g/mol. The Kier molecular flexibility index (Phi) is 3.16. The van der Waals surface area contributed by atoms with Crippen molar-refractivity contribution in [2.45, 2.75) is 18.8 Å². The standard InChI is InChI=1S/C15H14BrNO4/c1-8-6-15(8)11-5-9(16)3-4-10(11)13(19)17(14(15)20)7-12(18)21-2/h3-5,8H,6-7H2,1-2H3/t8-,15+/m0/s1. The normalized spacial score (nSPS) is 26.8. The largest absolute Gasteiger partial charge is 0.468 e. The SMILES string of the molecule is COC(=O)CN1C(=O)c2ccc(Br)cc2[C@]2(C[C@@H]2C)C1=O. The van der Waals surface area contributed by atoms with Gasteiger partial charge in [-0.3, -0.25) is 19.3 Å². The molecule has 3 rings (SSSR count). The van der Waals surface area contributed by atoms with Crippen LogP contribution in [0.2, 0.25) is 0 Å². The Labute approximate surface area is 130 Å². The van der Waals surface area contributed by atoms with E-state index in [0.717, 1.165) is 14.9 Å². The Morgan fingerprint density at radius 3 is 2.71 bits per heavy atom. The molecule has 1 aromatic rings. The highest BCUT2D eigenvalue weighted by Gasteiger charge is 2.64. The van der Waals surface area contributed by atoms with Gasteiger partial charge in [-0.25, -0.2) is 0 Å². The molecule has 2 amide bonds. The molecule has 1 spiro atoms. The van der Waals surface area contributed by atoms with Crippen LogP contribution in [0.15, 0.2) is 22.7 Å². The Morgan fingerprint density at radius 2 is 2.14 bits per heavy atom. The fourth-order valence-electron chi connectivity index (χ4n) is 3.10. The van der Waals surface area contributed by atoms with Crippen LogP contribution >= 0.6 is 15.9 Å². The van der Waals surface area contributed by atoms with Crippen molar-refractivity contribution < 1.29 is 19.1 Å². The molecule has 2 aliphatic rings. The van der Waals surface area contributed by atoms with Crippen molar-refractivity contribution in [3.63, 3.8) is 0 Å². The second-order valence-electron chi connectivity index (χ2n) is 5.54. The van der Waals surface area contributed by atoms with E-state index in [1.165, 1.54) is 7.11 Å². The molecule has 0 unspecified atom stereocenters. The lowest BCUT2D eigenvalue weighted by Crippen LogP contribution is -2.51. The zero-order valence-electron chi connectivity index (χ0n) is 11.7. The summed E-state index contributed by atoms with van der Waals surface area (Å²) in [5, 5.41) is 0. The molecule has 1 aliphatic heterocycles. The van der Waals surface area contributed by atoms with Crippen LogP contribution in [0.5, 0.6) is 0 Å². The average Bonchev–Trinajstić information content (AvgIpc) is 3.14. The molecule has 2 atom stereocenters. The van der Waals surface area contributed by atoms with Crippen LogP contribution in [0.3, 0.4) is 0 Å². The molecule has 0 saturated heterocycles. The molecule has 5 nitrogen and oxygen atoms in total. The number of nitrogens with zero attached hydrogens (tertiary/aromatic N) is 1. The monoisotopic (exact) mass is 351 g/mol. The minimum Gasteiger partial charge on any atom is -0.468 e. The Morgan fingerprint density at radius 1 is 1.48 bits per heavy atom. The quantitative estimate of drug-likeness (QED) is 0.602. The van der Waals surface area contributed by atoms with E-state index in [-0.39, 0.29) is 18.4 Å². The third-order valence-electron chi connectivity index (χ3n) is 4.39. The van der Waals surface area contributed by atoms with Gasteiger partial charge in [0.05, 0.1) is 12.5 Å². The Balaban J connectivity index is 2.11. The summed E-state index contributed by atoms with van der Waals surface area (Å²) in [6, 6.07) is 5.30. The number of methoxy groups -OCH3 is 1. The Bertz CT molecular complexity index is 672. The van der Waals surface area contributed by atoms with Gasteiger partial charge in [-0.2, -0.15) is 0 Å². The number of imide groups is 1. The van der Waals surface area contributed by atoms with E-state index >= 15 is 0 Å². The van der Waals surface area contributed by atoms with Gasteiger partial charge < -0.3 is 4.74 Å². The fourth-order valence-corrected chi connectivity index (χ4v) is 3.46. The number of hydrogen-bond donors (Lipinski definition) is 0. The fraction of sp³-hybridized carbons (Fsp3) is 0.400. The van der Waals surface area contributed by atoms with E-state index in [1.54, 1.807) is 12.1 Å². The van der Waals surface area contributed by atoms with Gasteiger partial charge in [-0.1, -0.05) is 22.9 Å². The number of fused-ring (bicyclic) bond motifs is 2. The van der Waals surface area contributed by atoms with Crippen molar-refractivity contribution in [2.24, 2.45) is 5.92 Å². The maximum atomic E-state index is 12.7. The van der Waals surface area contributed by atoms with Crippen LogP contribution in [-0.4, -0.2) is 36.3 Å². The van der Waals surface area contributed by atoms with Crippen molar-refractivity contribution in [3.8, 4) is 0 Å². The van der Waals surface area contributed by atoms with Gasteiger partial charge in [0, 0.05) is 10.0 Å². The summed E-state index contributed by atoms with van der Waals surface area (Å²) in [6.45, 7) is 1.65. The molecule has 0 radical (unpaired) electrons. The lowest BCUT2D eigenvalue weighted by atomic mass is 9.84. The molecule has 1 saturated carbocycles. The van der Waals surface area contributed by atoms with Gasteiger partial charge in [0.15, 0.2) is 0 Å². The maximum absolute atomic E-state index is 12.7. The number of ether oxygens (including phenoxy) is 1. The first-order valence-corrected chi connectivity index (χ1v) is 7.44. The van der Waals surface area contributed by atoms with Crippen molar-refractivity contribution in [1.82, 2.24) is 4.90 Å². The molecule has 21 heavy (non-hydrogen) atoms. The lowest BCUT2D eigenvalue weighted by Gasteiger charge is -2.32. The smallest absolute Gasteiger partial charge is 0.325 e. The molecule has 110 valence electrons. The highest BCUT2D eigenvalue weighted by Crippen LogP contribution is 2.58. The second-order valence-corrected chi connectivity index (χ2v) is 6.45. The molecule has 6 heteroatoms. The maximum Gasteiger partial charge on any atom is 0.325 e. The van der Waals surface area contributed by atoms with Gasteiger partial charge in [-0.05, 0) is 36.1 Å². The van der Waals surface area contributed by atoms with E-state index in [2.05, 4.69) is 20.7 Å². The molecular formula is C15H14BrNO4. The first-order valence-electron chi connectivity index (χ1n) is 6.65. The zero-order chi connectivity index (χ0) is 15.4. The minimum atomic E-state index is -0.666. The molecule has 1 heterocycles. The number of esters is 1. The van der Waals surface area contributed by atoms with E-state index in [1.807, 2.05) is 13.0 Å². The van der Waals surface area contributed by atoms with E-state index in [9.17, 15) is 14.4 Å². The molecule has 0 N–H and O–H groups in total. The summed E-state index contributed by atoms with van der Waals surface area (Å²) in [7, 11) is 1.24. The van der Waals surface area contributed by atoms with Crippen molar-refractivity contribution in [3.05, 3.63) is 33.8 Å². The van der Waals surface area contributed by atoms with Crippen LogP contribution in [0.1, 0.15) is 29.3 Å². The molecule has 1 aliphatic carbocycles. The molecular weight excluding hydrogens is 338 g/mol. The molecule has 0 bridgehead atoms. The summed E-state index contributed by atoms with van der Waals surface area (Å²) in [4.78, 5) is 37.7. The van der Waals surface area contributed by atoms with Gasteiger partial charge in [0.2, 0.25) is 5.91 Å². The summed E-state index contributed by atoms with van der Waals surface area (Å²) >= 11 is 3.39. The zero-order valence-corrected chi connectivity index (χ0v) is 13.3. The third-order valence-corrected chi connectivity index (χ3v) is 4.88. The Hall–Kier alpha value is -1.69. The number of halogens is 1. The van der Waals surface area contributed by atoms with E-state index < -0.39 is 17.3 Å². The first kappa shape index (κ1) is 14.3. The molecule has 1 aromatic carbocycles. The topological polar surface area (TPSA) is 63.7 Å². The number of carbonyl (C=O) groups excluding carboxylic acids is 3. The van der Waals surface area contributed by atoms with Crippen LogP contribution < -0.4 is 0 Å². The molecule has 1 fully saturated rings. The van der Waals surface area contributed by atoms with Gasteiger partial charge >= 0.3 is 5.97 Å². The van der Waals surface area contributed by atoms with Crippen LogP contribution in [0.4, 0.5) is 0 Å². The summed E-state index contributed by atoms with van der Waals surface area (Å²) in [6.07, 6.45) is 0.695. The number of hydrogen-bond acceptors (Lipinski definition) is 4. The summed E-state index contributed by atoms with van der Waals surface area (Å²) in [5.74, 6) is -1.17.